The van der Waals surface area contributed by atoms with Crippen LogP contribution in [0, 0.1) is 0 Å². The molecule has 1 fully saturated rings. The predicted octanol–water partition coefficient (Wildman–Crippen LogP) is 1.19. The van der Waals surface area contributed by atoms with Crippen molar-refractivity contribution in [1.82, 2.24) is 19.9 Å². The molecular formula is C14H17N5. The van der Waals surface area contributed by atoms with Crippen molar-refractivity contribution in [3.05, 3.63) is 48.7 Å². The van der Waals surface area contributed by atoms with Gasteiger partial charge >= 0.3 is 0 Å². The third-order valence-electron chi connectivity index (χ3n) is 3.40. The standard InChI is InChI=1S/C14H17N5/c1-3-15-4-2-13(1)12-18-7-9-19(10-8-18)14-11-16-5-6-17-14/h1-6,11H,7-10,12H2. The Bertz CT molecular complexity index is 494. The fraction of sp³-hybridized carbons (Fsp3) is 0.357. The molecule has 0 aliphatic carbocycles. The summed E-state index contributed by atoms with van der Waals surface area (Å²) in [4.78, 5) is 17.3. The first-order chi connectivity index (χ1) is 9.42. The van der Waals surface area contributed by atoms with Crippen LogP contribution >= 0.6 is 0 Å². The summed E-state index contributed by atoms with van der Waals surface area (Å²) in [5.41, 5.74) is 1.32. The van der Waals surface area contributed by atoms with Crippen LogP contribution in [0.4, 0.5) is 5.82 Å². The van der Waals surface area contributed by atoms with Gasteiger partial charge in [0.15, 0.2) is 0 Å². The highest BCUT2D eigenvalue weighted by molar-refractivity contribution is 5.35. The van der Waals surface area contributed by atoms with Gasteiger partial charge in [0, 0.05) is 57.5 Å². The highest BCUT2D eigenvalue weighted by atomic mass is 15.3. The molecular weight excluding hydrogens is 238 g/mol. The Morgan fingerprint density at radius 3 is 2.37 bits per heavy atom. The smallest absolute Gasteiger partial charge is 0.147 e. The fourth-order valence-electron chi connectivity index (χ4n) is 2.34. The lowest BCUT2D eigenvalue weighted by atomic mass is 10.2. The molecule has 2 aromatic rings. The van der Waals surface area contributed by atoms with E-state index in [1.165, 1.54) is 5.56 Å². The van der Waals surface area contributed by atoms with Gasteiger partial charge in [-0.3, -0.25) is 14.9 Å². The maximum absolute atomic E-state index is 4.35. The number of anilines is 1. The molecule has 0 N–H and O–H groups in total. The molecule has 0 radical (unpaired) electrons. The van der Waals surface area contributed by atoms with Gasteiger partial charge in [-0.25, -0.2) is 4.98 Å². The van der Waals surface area contributed by atoms with Crippen molar-refractivity contribution in [3.63, 3.8) is 0 Å². The van der Waals surface area contributed by atoms with Crippen LogP contribution in [0.5, 0.6) is 0 Å². The zero-order valence-electron chi connectivity index (χ0n) is 10.8. The molecule has 1 saturated heterocycles. The number of rotatable bonds is 3. The van der Waals surface area contributed by atoms with Crippen LogP contribution in [0.3, 0.4) is 0 Å². The summed E-state index contributed by atoms with van der Waals surface area (Å²) in [6.45, 7) is 5.11. The summed E-state index contributed by atoms with van der Waals surface area (Å²) < 4.78 is 0. The highest BCUT2D eigenvalue weighted by Crippen LogP contribution is 2.13. The molecule has 3 rings (SSSR count). The highest BCUT2D eigenvalue weighted by Gasteiger charge is 2.17. The van der Waals surface area contributed by atoms with Crippen molar-refractivity contribution < 1.29 is 0 Å². The van der Waals surface area contributed by atoms with Gasteiger partial charge in [0.25, 0.3) is 0 Å². The van der Waals surface area contributed by atoms with Crippen LogP contribution < -0.4 is 4.90 Å². The molecule has 0 unspecified atom stereocenters. The molecule has 3 heterocycles. The van der Waals surface area contributed by atoms with Crippen molar-refractivity contribution in [2.24, 2.45) is 0 Å². The van der Waals surface area contributed by atoms with Gasteiger partial charge in [-0.1, -0.05) is 0 Å². The maximum Gasteiger partial charge on any atom is 0.147 e. The van der Waals surface area contributed by atoms with E-state index in [0.717, 1.165) is 38.5 Å². The van der Waals surface area contributed by atoms with E-state index in [1.54, 1.807) is 12.4 Å². The van der Waals surface area contributed by atoms with Crippen molar-refractivity contribution in [3.8, 4) is 0 Å². The first-order valence-electron chi connectivity index (χ1n) is 6.54. The lowest BCUT2D eigenvalue weighted by molar-refractivity contribution is 0.249. The van der Waals surface area contributed by atoms with Gasteiger partial charge in [-0.2, -0.15) is 0 Å². The van der Waals surface area contributed by atoms with Gasteiger partial charge < -0.3 is 4.90 Å². The molecule has 0 atom stereocenters. The van der Waals surface area contributed by atoms with E-state index in [2.05, 4.69) is 36.9 Å². The summed E-state index contributed by atoms with van der Waals surface area (Å²) >= 11 is 0. The Balaban J connectivity index is 1.55. The molecule has 0 amide bonds. The maximum atomic E-state index is 4.35. The van der Waals surface area contributed by atoms with Crippen molar-refractivity contribution in [1.29, 1.82) is 0 Å². The molecule has 19 heavy (non-hydrogen) atoms. The number of hydrogen-bond acceptors (Lipinski definition) is 5. The molecule has 0 bridgehead atoms. The molecule has 0 saturated carbocycles. The normalized spacial score (nSPS) is 16.5. The second-order valence-corrected chi connectivity index (χ2v) is 4.68. The minimum absolute atomic E-state index is 0.978. The van der Waals surface area contributed by atoms with Gasteiger partial charge in [0.2, 0.25) is 0 Å². The van der Waals surface area contributed by atoms with E-state index in [1.807, 2.05) is 18.6 Å². The van der Waals surface area contributed by atoms with E-state index in [9.17, 15) is 0 Å². The summed E-state index contributed by atoms with van der Waals surface area (Å²) in [7, 11) is 0. The monoisotopic (exact) mass is 255 g/mol. The van der Waals surface area contributed by atoms with Gasteiger partial charge in [-0.15, -0.1) is 0 Å². The summed E-state index contributed by atoms with van der Waals surface area (Å²) in [5, 5.41) is 0. The molecule has 1 aliphatic rings. The number of piperazine rings is 1. The second-order valence-electron chi connectivity index (χ2n) is 4.68. The number of pyridine rings is 1. The summed E-state index contributed by atoms with van der Waals surface area (Å²) in [5.74, 6) is 0.978. The molecule has 0 aromatic carbocycles. The van der Waals surface area contributed by atoms with Crippen LogP contribution in [0.15, 0.2) is 43.1 Å². The molecule has 1 aliphatic heterocycles. The topological polar surface area (TPSA) is 45.2 Å². The average molecular weight is 255 g/mol. The average Bonchev–Trinajstić information content (AvgIpc) is 2.50. The van der Waals surface area contributed by atoms with E-state index in [4.69, 9.17) is 0 Å². The van der Waals surface area contributed by atoms with Gasteiger partial charge in [0.1, 0.15) is 5.82 Å². The van der Waals surface area contributed by atoms with E-state index < -0.39 is 0 Å². The Hall–Kier alpha value is -2.01. The Morgan fingerprint density at radius 1 is 0.895 bits per heavy atom. The molecule has 5 nitrogen and oxygen atoms in total. The van der Waals surface area contributed by atoms with Crippen LogP contribution in [0.25, 0.3) is 0 Å². The van der Waals surface area contributed by atoms with Crippen molar-refractivity contribution in [2.75, 3.05) is 31.1 Å². The zero-order valence-corrected chi connectivity index (χ0v) is 10.8. The van der Waals surface area contributed by atoms with Crippen LogP contribution in [0.2, 0.25) is 0 Å². The van der Waals surface area contributed by atoms with E-state index in [0.29, 0.717) is 0 Å². The Morgan fingerprint density at radius 2 is 1.68 bits per heavy atom. The quantitative estimate of drug-likeness (QED) is 0.824. The fourth-order valence-corrected chi connectivity index (χ4v) is 2.34. The molecule has 0 spiro atoms. The van der Waals surface area contributed by atoms with Crippen LogP contribution in [0.1, 0.15) is 5.56 Å². The second kappa shape index (κ2) is 5.75. The number of aromatic nitrogens is 3. The Labute approximate surface area is 112 Å². The van der Waals surface area contributed by atoms with Crippen molar-refractivity contribution in [2.45, 2.75) is 6.54 Å². The Kier molecular flexibility index (Phi) is 3.65. The zero-order chi connectivity index (χ0) is 12.9. The molecule has 98 valence electrons. The minimum Gasteiger partial charge on any atom is -0.353 e. The predicted molar refractivity (Wildman–Crippen MR) is 73.8 cm³/mol. The van der Waals surface area contributed by atoms with E-state index in [-0.39, 0.29) is 0 Å². The van der Waals surface area contributed by atoms with Crippen molar-refractivity contribution >= 4 is 5.82 Å². The minimum atomic E-state index is 0.978. The first-order valence-corrected chi connectivity index (χ1v) is 6.54. The van der Waals surface area contributed by atoms with Gasteiger partial charge in [0.05, 0.1) is 6.20 Å². The summed E-state index contributed by atoms with van der Waals surface area (Å²) in [6.07, 6.45) is 9.00. The largest absolute Gasteiger partial charge is 0.353 e. The first kappa shape index (κ1) is 12.0. The lowest BCUT2D eigenvalue weighted by Crippen LogP contribution is -2.46. The third-order valence-corrected chi connectivity index (χ3v) is 3.40. The third kappa shape index (κ3) is 3.06. The summed E-state index contributed by atoms with van der Waals surface area (Å²) in [6, 6.07) is 4.16. The number of nitrogens with zero attached hydrogens (tertiary/aromatic N) is 5. The number of hydrogen-bond donors (Lipinski definition) is 0. The van der Waals surface area contributed by atoms with Crippen LogP contribution in [-0.4, -0.2) is 46.0 Å². The molecule has 2 aromatic heterocycles. The van der Waals surface area contributed by atoms with E-state index >= 15 is 0 Å². The van der Waals surface area contributed by atoms with Gasteiger partial charge in [-0.05, 0) is 17.7 Å². The van der Waals surface area contributed by atoms with Crippen LogP contribution in [-0.2, 0) is 6.54 Å². The SMILES string of the molecule is c1cc(CN2CCN(c3cnccn3)CC2)ccn1. The molecule has 5 heteroatoms. The lowest BCUT2D eigenvalue weighted by Gasteiger charge is -2.35.